The predicted molar refractivity (Wildman–Crippen MR) is 129 cm³/mol. The number of hydrogen-bond donors (Lipinski definition) is 0. The van der Waals surface area contributed by atoms with Crippen molar-refractivity contribution in [3.8, 4) is 0 Å². The van der Waals surface area contributed by atoms with E-state index in [1.807, 2.05) is 11.4 Å². The van der Waals surface area contributed by atoms with Gasteiger partial charge in [0.1, 0.15) is 0 Å². The normalized spacial score (nSPS) is 11.5. The maximum Gasteiger partial charge on any atom is 0.268 e. The minimum atomic E-state index is -3.87. The summed E-state index contributed by atoms with van der Waals surface area (Å²) in [6.07, 6.45) is 1.38. The summed E-state index contributed by atoms with van der Waals surface area (Å²) in [5, 5.41) is 2.40. The molecule has 0 bridgehead atoms. The number of fused-ring (bicyclic) bond motifs is 1. The maximum atomic E-state index is 13.3. The first kappa shape index (κ1) is 22.8. The molecule has 2 aromatic carbocycles. The van der Waals surface area contributed by atoms with Gasteiger partial charge in [-0.1, -0.05) is 42.5 Å². The lowest BCUT2D eigenvalue weighted by molar-refractivity contribution is 0.0722. The average molecular weight is 482 g/mol. The Kier molecular flexibility index (Phi) is 6.35. The van der Waals surface area contributed by atoms with Crippen LogP contribution in [0.4, 0.5) is 0 Å². The van der Waals surface area contributed by atoms with Crippen LogP contribution in [0.5, 0.6) is 0 Å². The zero-order valence-electron chi connectivity index (χ0n) is 18.2. The molecule has 0 N–H and O–H groups in total. The van der Waals surface area contributed by atoms with Crippen molar-refractivity contribution in [2.45, 2.75) is 4.90 Å². The minimum absolute atomic E-state index is 0.101. The molecule has 2 amide bonds. The van der Waals surface area contributed by atoms with Crippen LogP contribution in [-0.2, 0) is 10.0 Å². The molecule has 7 nitrogen and oxygen atoms in total. The van der Waals surface area contributed by atoms with Gasteiger partial charge in [-0.15, -0.1) is 11.3 Å². The van der Waals surface area contributed by atoms with Crippen molar-refractivity contribution in [2.24, 2.45) is 0 Å². The number of nitrogens with zero attached hydrogens (tertiary/aromatic N) is 3. The van der Waals surface area contributed by atoms with Gasteiger partial charge in [0.25, 0.3) is 21.8 Å². The second kappa shape index (κ2) is 9.21. The van der Waals surface area contributed by atoms with Crippen LogP contribution in [0.25, 0.3) is 10.9 Å². The van der Waals surface area contributed by atoms with Crippen molar-refractivity contribution in [1.82, 2.24) is 13.8 Å². The molecule has 4 aromatic rings. The lowest BCUT2D eigenvalue weighted by Crippen LogP contribution is -2.37. The molecular formula is C24H23N3O4S2. The fraction of sp³-hybridized carbons (Fsp3) is 0.167. The number of carbonyl (C=O) groups is 2. The Bertz CT molecular complexity index is 1390. The number of benzene rings is 2. The standard InChI is InChI=1S/C24H23N3O4S2/c1-25(14-15-26(2)24(29)22-13-8-16-32-22)23(28)20-17-27(21-12-7-6-11-19(20)21)33(30,31)18-9-4-3-5-10-18/h3-13,16-17H,14-15H2,1-2H3. The van der Waals surface area contributed by atoms with Gasteiger partial charge >= 0.3 is 0 Å². The fourth-order valence-electron chi connectivity index (χ4n) is 3.52. The van der Waals surface area contributed by atoms with Crippen LogP contribution >= 0.6 is 11.3 Å². The minimum Gasteiger partial charge on any atom is -0.340 e. The third-order valence-electron chi connectivity index (χ3n) is 5.40. The molecule has 0 radical (unpaired) electrons. The van der Waals surface area contributed by atoms with Crippen LogP contribution in [0.2, 0.25) is 0 Å². The summed E-state index contributed by atoms with van der Waals surface area (Å²) in [5.41, 5.74) is 0.725. The van der Waals surface area contributed by atoms with Gasteiger partial charge in [0.15, 0.2) is 0 Å². The van der Waals surface area contributed by atoms with Crippen molar-refractivity contribution < 1.29 is 18.0 Å². The average Bonchev–Trinajstić information content (AvgIpc) is 3.50. The highest BCUT2D eigenvalue weighted by Crippen LogP contribution is 2.27. The van der Waals surface area contributed by atoms with Crippen molar-refractivity contribution in [2.75, 3.05) is 27.2 Å². The monoisotopic (exact) mass is 481 g/mol. The molecular weight excluding hydrogens is 458 g/mol. The van der Waals surface area contributed by atoms with E-state index in [-0.39, 0.29) is 16.7 Å². The highest BCUT2D eigenvalue weighted by molar-refractivity contribution is 7.90. The molecule has 9 heteroatoms. The van der Waals surface area contributed by atoms with E-state index in [1.165, 1.54) is 34.6 Å². The summed E-state index contributed by atoms with van der Waals surface area (Å²) in [4.78, 5) is 29.6. The predicted octanol–water partition coefficient (Wildman–Crippen LogP) is 3.78. The van der Waals surface area contributed by atoms with E-state index in [4.69, 9.17) is 0 Å². The molecule has 0 saturated carbocycles. The lowest BCUT2D eigenvalue weighted by Gasteiger charge is -2.22. The number of aromatic nitrogens is 1. The number of likely N-dealkylation sites (N-methyl/N-ethyl adjacent to an activating group) is 2. The highest BCUT2D eigenvalue weighted by Gasteiger charge is 2.25. The Labute approximate surface area is 196 Å². The molecule has 170 valence electrons. The van der Waals surface area contributed by atoms with Gasteiger partial charge in [-0.05, 0) is 29.6 Å². The number of rotatable bonds is 7. The lowest BCUT2D eigenvalue weighted by atomic mass is 10.1. The van der Waals surface area contributed by atoms with Gasteiger partial charge < -0.3 is 9.80 Å². The molecule has 0 aliphatic rings. The van der Waals surface area contributed by atoms with Gasteiger partial charge in [-0.2, -0.15) is 0 Å². The van der Waals surface area contributed by atoms with E-state index in [1.54, 1.807) is 67.5 Å². The Morgan fingerprint density at radius 2 is 1.48 bits per heavy atom. The Morgan fingerprint density at radius 1 is 0.848 bits per heavy atom. The van der Waals surface area contributed by atoms with E-state index in [2.05, 4.69) is 0 Å². The molecule has 0 aliphatic carbocycles. The van der Waals surface area contributed by atoms with Crippen molar-refractivity contribution in [3.05, 3.63) is 88.7 Å². The van der Waals surface area contributed by atoms with Gasteiger partial charge in [-0.25, -0.2) is 12.4 Å². The molecule has 4 rings (SSSR count). The zero-order chi connectivity index (χ0) is 23.6. The molecule has 2 aromatic heterocycles. The number of amides is 2. The second-order valence-electron chi connectivity index (χ2n) is 7.60. The summed E-state index contributed by atoms with van der Waals surface area (Å²) in [6, 6.07) is 18.6. The number of hydrogen-bond acceptors (Lipinski definition) is 5. The second-order valence-corrected chi connectivity index (χ2v) is 10.4. The van der Waals surface area contributed by atoms with Crippen molar-refractivity contribution >= 4 is 44.1 Å². The van der Waals surface area contributed by atoms with Crippen molar-refractivity contribution in [1.29, 1.82) is 0 Å². The highest BCUT2D eigenvalue weighted by atomic mass is 32.2. The van der Waals surface area contributed by atoms with Gasteiger partial charge in [0.05, 0.1) is 20.9 Å². The van der Waals surface area contributed by atoms with Gasteiger partial charge in [0, 0.05) is 38.8 Å². The summed E-state index contributed by atoms with van der Waals surface area (Å²) in [5.74, 6) is -0.415. The first-order valence-electron chi connectivity index (χ1n) is 10.3. The molecule has 0 unspecified atom stereocenters. The molecule has 2 heterocycles. The van der Waals surface area contributed by atoms with Gasteiger partial charge in [0.2, 0.25) is 0 Å². The van der Waals surface area contributed by atoms with Crippen LogP contribution in [0.1, 0.15) is 20.0 Å². The zero-order valence-corrected chi connectivity index (χ0v) is 19.8. The molecule has 0 atom stereocenters. The fourth-order valence-corrected chi connectivity index (χ4v) is 5.63. The smallest absolute Gasteiger partial charge is 0.268 e. The summed E-state index contributed by atoms with van der Waals surface area (Å²) in [6.45, 7) is 0.650. The topological polar surface area (TPSA) is 79.7 Å². The van der Waals surface area contributed by atoms with Crippen LogP contribution < -0.4 is 0 Å². The summed E-state index contributed by atoms with van der Waals surface area (Å²) in [7, 11) is -0.536. The maximum absolute atomic E-state index is 13.3. The molecule has 0 aliphatic heterocycles. The first-order chi connectivity index (χ1) is 15.8. The number of thiophene rings is 1. The Hall–Kier alpha value is -3.43. The molecule has 0 saturated heterocycles. The van der Waals surface area contributed by atoms with Crippen LogP contribution in [-0.4, -0.2) is 61.2 Å². The number of para-hydroxylation sites is 1. The molecule has 33 heavy (non-hydrogen) atoms. The van der Waals surface area contributed by atoms with Gasteiger partial charge in [-0.3, -0.25) is 9.59 Å². The molecule has 0 fully saturated rings. The SMILES string of the molecule is CN(CCN(C)C(=O)c1cn(S(=O)(=O)c2ccccc2)c2ccccc12)C(=O)c1cccs1. The third-order valence-corrected chi connectivity index (χ3v) is 7.95. The number of carbonyl (C=O) groups excluding carboxylic acids is 2. The van der Waals surface area contributed by atoms with Crippen LogP contribution in [0.15, 0.2) is 83.2 Å². The van der Waals surface area contributed by atoms with E-state index in [9.17, 15) is 18.0 Å². The van der Waals surface area contributed by atoms with E-state index >= 15 is 0 Å². The van der Waals surface area contributed by atoms with E-state index < -0.39 is 10.0 Å². The van der Waals surface area contributed by atoms with Crippen molar-refractivity contribution in [3.63, 3.8) is 0 Å². The first-order valence-corrected chi connectivity index (χ1v) is 12.6. The summed E-state index contributed by atoms with van der Waals surface area (Å²) >= 11 is 1.37. The largest absolute Gasteiger partial charge is 0.340 e. The van der Waals surface area contributed by atoms with E-state index in [0.29, 0.717) is 34.4 Å². The molecule has 0 spiro atoms. The van der Waals surface area contributed by atoms with E-state index in [0.717, 1.165) is 3.97 Å². The Morgan fingerprint density at radius 3 is 2.15 bits per heavy atom. The summed E-state index contributed by atoms with van der Waals surface area (Å²) < 4.78 is 27.7. The van der Waals surface area contributed by atoms with Crippen LogP contribution in [0.3, 0.4) is 0 Å². The van der Waals surface area contributed by atoms with Crippen LogP contribution in [0, 0.1) is 0 Å². The third kappa shape index (κ3) is 4.42. The quantitative estimate of drug-likeness (QED) is 0.402. The Balaban J connectivity index is 1.59.